The Bertz CT molecular complexity index is 656. The molecule has 0 spiro atoms. The number of aromatic nitrogens is 1. The maximum atomic E-state index is 11.7. The summed E-state index contributed by atoms with van der Waals surface area (Å²) in [5.41, 5.74) is 1.80. The molecule has 21 heavy (non-hydrogen) atoms. The lowest BCUT2D eigenvalue weighted by Crippen LogP contribution is -2.21. The van der Waals surface area contributed by atoms with Gasteiger partial charge in [0.25, 0.3) is 5.91 Å². The maximum Gasteiger partial charge on any atom is 0.338 e. The second-order valence-corrected chi connectivity index (χ2v) is 4.69. The van der Waals surface area contributed by atoms with Crippen molar-refractivity contribution in [2.45, 2.75) is 6.92 Å². The second kappa shape index (κ2) is 6.85. The number of nitrogens with one attached hydrogen (secondary N) is 1. The molecule has 1 amide bonds. The first kappa shape index (κ1) is 15.0. The first-order valence-corrected chi connectivity index (χ1v) is 6.58. The van der Waals surface area contributed by atoms with Crippen LogP contribution in [-0.4, -0.2) is 23.5 Å². The molecule has 1 N–H and O–H groups in total. The molecule has 0 saturated carbocycles. The van der Waals surface area contributed by atoms with Crippen molar-refractivity contribution in [3.8, 4) is 0 Å². The first-order chi connectivity index (χ1) is 10.1. The highest BCUT2D eigenvalue weighted by Crippen LogP contribution is 2.17. The summed E-state index contributed by atoms with van der Waals surface area (Å²) in [6, 6.07) is 10.1. The third kappa shape index (κ3) is 4.29. The Morgan fingerprint density at radius 3 is 2.62 bits per heavy atom. The highest BCUT2D eigenvalue weighted by atomic mass is 35.5. The molecule has 0 saturated heterocycles. The molecule has 1 heterocycles. The number of ether oxygens (including phenoxy) is 1. The number of anilines is 1. The lowest BCUT2D eigenvalue weighted by molar-refractivity contribution is -0.119. The standard InChI is InChI=1S/C15H13ClN2O3/c1-10-4-6-11(7-5-10)15(20)21-9-13(19)18-12-3-2-8-17-14(12)16/h2-8H,9H2,1H3,(H,18,19). The average Bonchev–Trinajstić information content (AvgIpc) is 2.48. The van der Waals surface area contributed by atoms with Crippen molar-refractivity contribution >= 4 is 29.2 Å². The number of carbonyl (C=O) groups excluding carboxylic acids is 2. The molecule has 0 radical (unpaired) electrons. The molecule has 5 nitrogen and oxygen atoms in total. The minimum Gasteiger partial charge on any atom is -0.452 e. The van der Waals surface area contributed by atoms with Crippen molar-refractivity contribution in [2.75, 3.05) is 11.9 Å². The highest BCUT2D eigenvalue weighted by Gasteiger charge is 2.11. The fourth-order valence-electron chi connectivity index (χ4n) is 1.57. The van der Waals surface area contributed by atoms with Crippen LogP contribution in [0.5, 0.6) is 0 Å². The van der Waals surface area contributed by atoms with Crippen LogP contribution in [0, 0.1) is 6.92 Å². The molecule has 0 aliphatic carbocycles. The van der Waals surface area contributed by atoms with E-state index in [0.29, 0.717) is 11.3 Å². The first-order valence-electron chi connectivity index (χ1n) is 6.20. The molecule has 0 fully saturated rings. The number of aryl methyl sites for hydroxylation is 1. The van der Waals surface area contributed by atoms with Crippen molar-refractivity contribution < 1.29 is 14.3 Å². The number of hydrogen-bond donors (Lipinski definition) is 1. The zero-order valence-electron chi connectivity index (χ0n) is 11.3. The molecule has 6 heteroatoms. The van der Waals surface area contributed by atoms with Gasteiger partial charge in [0.15, 0.2) is 11.8 Å². The van der Waals surface area contributed by atoms with E-state index in [9.17, 15) is 9.59 Å². The molecule has 0 unspecified atom stereocenters. The van der Waals surface area contributed by atoms with Crippen LogP contribution in [0.15, 0.2) is 42.6 Å². The largest absolute Gasteiger partial charge is 0.452 e. The number of amides is 1. The van der Waals surface area contributed by atoms with Crippen molar-refractivity contribution in [3.05, 3.63) is 58.9 Å². The van der Waals surface area contributed by atoms with E-state index in [1.165, 1.54) is 6.20 Å². The third-order valence-electron chi connectivity index (χ3n) is 2.65. The SMILES string of the molecule is Cc1ccc(C(=O)OCC(=O)Nc2cccnc2Cl)cc1. The molecular formula is C15H13ClN2O3. The van der Waals surface area contributed by atoms with Gasteiger partial charge in [-0.1, -0.05) is 29.3 Å². The van der Waals surface area contributed by atoms with Crippen LogP contribution in [0.25, 0.3) is 0 Å². The maximum absolute atomic E-state index is 11.7. The number of carbonyl (C=O) groups is 2. The van der Waals surface area contributed by atoms with Gasteiger partial charge in [-0.25, -0.2) is 9.78 Å². The monoisotopic (exact) mass is 304 g/mol. The normalized spacial score (nSPS) is 10.0. The van der Waals surface area contributed by atoms with Crippen LogP contribution < -0.4 is 5.32 Å². The van der Waals surface area contributed by atoms with E-state index >= 15 is 0 Å². The molecule has 108 valence electrons. The van der Waals surface area contributed by atoms with E-state index in [-0.39, 0.29) is 5.15 Å². The van der Waals surface area contributed by atoms with Gasteiger partial charge < -0.3 is 10.1 Å². The van der Waals surface area contributed by atoms with Crippen molar-refractivity contribution in [1.82, 2.24) is 4.98 Å². The lowest BCUT2D eigenvalue weighted by atomic mass is 10.1. The topological polar surface area (TPSA) is 68.3 Å². The molecule has 1 aromatic carbocycles. The number of halogens is 1. The van der Waals surface area contributed by atoms with Gasteiger partial charge in [0.1, 0.15) is 0 Å². The Balaban J connectivity index is 1.88. The Morgan fingerprint density at radius 2 is 1.95 bits per heavy atom. The number of benzene rings is 1. The minimum absolute atomic E-state index is 0.177. The van der Waals surface area contributed by atoms with Gasteiger partial charge in [0, 0.05) is 6.20 Å². The van der Waals surface area contributed by atoms with Crippen LogP contribution in [0.1, 0.15) is 15.9 Å². The molecule has 2 aromatic rings. The summed E-state index contributed by atoms with van der Waals surface area (Å²) in [6.07, 6.45) is 1.51. The summed E-state index contributed by atoms with van der Waals surface area (Å²) < 4.78 is 4.93. The third-order valence-corrected chi connectivity index (χ3v) is 2.96. The number of esters is 1. The fourth-order valence-corrected chi connectivity index (χ4v) is 1.74. The van der Waals surface area contributed by atoms with Gasteiger partial charge >= 0.3 is 5.97 Å². The van der Waals surface area contributed by atoms with E-state index < -0.39 is 18.5 Å². The number of pyridine rings is 1. The molecule has 0 aliphatic heterocycles. The van der Waals surface area contributed by atoms with Crippen LogP contribution in [0.3, 0.4) is 0 Å². The van der Waals surface area contributed by atoms with E-state index in [4.69, 9.17) is 16.3 Å². The van der Waals surface area contributed by atoms with Gasteiger partial charge in [-0.15, -0.1) is 0 Å². The van der Waals surface area contributed by atoms with Crippen LogP contribution >= 0.6 is 11.6 Å². The Labute approximate surface area is 126 Å². The smallest absolute Gasteiger partial charge is 0.338 e. The molecule has 1 aromatic heterocycles. The summed E-state index contributed by atoms with van der Waals surface area (Å²) in [4.78, 5) is 27.2. The molecule has 2 rings (SSSR count). The van der Waals surface area contributed by atoms with Crippen molar-refractivity contribution in [1.29, 1.82) is 0 Å². The Hall–Kier alpha value is -2.40. The van der Waals surface area contributed by atoms with Gasteiger partial charge in [-0.05, 0) is 31.2 Å². The van der Waals surface area contributed by atoms with Crippen molar-refractivity contribution in [2.24, 2.45) is 0 Å². The summed E-state index contributed by atoms with van der Waals surface area (Å²) in [6.45, 7) is 1.53. The summed E-state index contributed by atoms with van der Waals surface area (Å²) >= 11 is 5.81. The van der Waals surface area contributed by atoms with Gasteiger partial charge in [0.05, 0.1) is 11.3 Å². The van der Waals surface area contributed by atoms with E-state index in [2.05, 4.69) is 10.3 Å². The Kier molecular flexibility index (Phi) is 4.90. The lowest BCUT2D eigenvalue weighted by Gasteiger charge is -2.07. The molecule has 0 atom stereocenters. The highest BCUT2D eigenvalue weighted by molar-refractivity contribution is 6.32. The fraction of sp³-hybridized carbons (Fsp3) is 0.133. The van der Waals surface area contributed by atoms with Crippen molar-refractivity contribution in [3.63, 3.8) is 0 Å². The summed E-state index contributed by atoms with van der Waals surface area (Å²) in [5.74, 6) is -1.03. The van der Waals surface area contributed by atoms with E-state index in [0.717, 1.165) is 5.56 Å². The van der Waals surface area contributed by atoms with Gasteiger partial charge in [-0.3, -0.25) is 4.79 Å². The minimum atomic E-state index is -0.553. The second-order valence-electron chi connectivity index (χ2n) is 4.33. The van der Waals surface area contributed by atoms with E-state index in [1.54, 1.807) is 36.4 Å². The van der Waals surface area contributed by atoms with Crippen LogP contribution in [0.2, 0.25) is 5.15 Å². The average molecular weight is 305 g/mol. The molecule has 0 aliphatic rings. The van der Waals surface area contributed by atoms with Crippen LogP contribution in [0.4, 0.5) is 5.69 Å². The van der Waals surface area contributed by atoms with Crippen LogP contribution in [-0.2, 0) is 9.53 Å². The molecule has 0 bridgehead atoms. The zero-order valence-corrected chi connectivity index (χ0v) is 12.1. The number of rotatable bonds is 4. The van der Waals surface area contributed by atoms with Gasteiger partial charge in [0.2, 0.25) is 0 Å². The molecular weight excluding hydrogens is 292 g/mol. The van der Waals surface area contributed by atoms with Gasteiger partial charge in [-0.2, -0.15) is 0 Å². The predicted octanol–water partition coefficient (Wildman–Crippen LogP) is 2.84. The number of nitrogens with zero attached hydrogens (tertiary/aromatic N) is 1. The van der Waals surface area contributed by atoms with E-state index in [1.807, 2.05) is 6.92 Å². The summed E-state index contributed by atoms with van der Waals surface area (Å²) in [5, 5.41) is 2.69. The number of hydrogen-bond acceptors (Lipinski definition) is 4. The quantitative estimate of drug-likeness (QED) is 0.696. The summed E-state index contributed by atoms with van der Waals surface area (Å²) in [7, 11) is 0. The zero-order chi connectivity index (χ0) is 15.2. The predicted molar refractivity (Wildman–Crippen MR) is 79.3 cm³/mol. The Morgan fingerprint density at radius 1 is 1.24 bits per heavy atom.